The van der Waals surface area contributed by atoms with E-state index in [-0.39, 0.29) is 11.9 Å². The van der Waals surface area contributed by atoms with Gasteiger partial charge in [0, 0.05) is 25.0 Å². The van der Waals surface area contributed by atoms with Crippen molar-refractivity contribution in [3.63, 3.8) is 0 Å². The number of rotatable bonds is 4. The molecular weight excluding hydrogens is 226 g/mol. The molecule has 1 heterocycles. The van der Waals surface area contributed by atoms with Crippen LogP contribution in [0.3, 0.4) is 0 Å². The zero-order valence-electron chi connectivity index (χ0n) is 11.5. The molecule has 0 aromatic carbocycles. The highest BCUT2D eigenvalue weighted by atomic mass is 16.1. The molecule has 1 amide bonds. The molecule has 1 unspecified atom stereocenters. The summed E-state index contributed by atoms with van der Waals surface area (Å²) >= 11 is 0. The number of carbonyl (C=O) groups is 1. The first kappa shape index (κ1) is 13.8. The summed E-state index contributed by atoms with van der Waals surface area (Å²) in [6, 6.07) is 0.595. The van der Waals surface area contributed by atoms with Crippen LogP contribution in [0.25, 0.3) is 0 Å². The van der Waals surface area contributed by atoms with Gasteiger partial charge in [-0.05, 0) is 44.7 Å². The van der Waals surface area contributed by atoms with E-state index in [9.17, 15) is 4.79 Å². The minimum absolute atomic E-state index is 0.209. The predicted octanol–water partition coefficient (Wildman–Crippen LogP) is 1.10. The van der Waals surface area contributed by atoms with Gasteiger partial charge in [0.05, 0.1) is 0 Å². The fraction of sp³-hybridized carbons (Fsp3) is 0.929. The quantitative estimate of drug-likeness (QED) is 0.789. The van der Waals surface area contributed by atoms with E-state index < -0.39 is 0 Å². The Morgan fingerprint density at radius 2 is 2.17 bits per heavy atom. The van der Waals surface area contributed by atoms with Crippen LogP contribution in [0.15, 0.2) is 0 Å². The van der Waals surface area contributed by atoms with Crippen molar-refractivity contribution >= 4 is 5.91 Å². The molecule has 4 nitrogen and oxygen atoms in total. The van der Waals surface area contributed by atoms with Crippen LogP contribution in [-0.2, 0) is 4.79 Å². The lowest BCUT2D eigenvalue weighted by atomic mass is 9.99. The fourth-order valence-electron chi connectivity index (χ4n) is 3.30. The molecule has 1 aliphatic carbocycles. The smallest absolute Gasteiger partial charge is 0.220 e. The second kappa shape index (κ2) is 6.53. The van der Waals surface area contributed by atoms with Gasteiger partial charge in [-0.15, -0.1) is 0 Å². The van der Waals surface area contributed by atoms with Crippen molar-refractivity contribution in [2.75, 3.05) is 19.6 Å². The molecule has 0 bridgehead atoms. The highest BCUT2D eigenvalue weighted by molar-refractivity contribution is 5.76. The number of nitrogens with two attached hydrogens (primary N) is 1. The minimum Gasteiger partial charge on any atom is -0.352 e. The summed E-state index contributed by atoms with van der Waals surface area (Å²) in [6.07, 6.45) is 6.35. The number of likely N-dealkylation sites (N-methyl/N-ethyl adjacent to an activating group) is 1. The van der Waals surface area contributed by atoms with Gasteiger partial charge in [-0.25, -0.2) is 0 Å². The molecule has 3 N–H and O–H groups in total. The number of hydrogen-bond donors (Lipinski definition) is 2. The highest BCUT2D eigenvalue weighted by Gasteiger charge is 2.27. The van der Waals surface area contributed by atoms with Crippen molar-refractivity contribution in [2.45, 2.75) is 57.5 Å². The summed E-state index contributed by atoms with van der Waals surface area (Å²) in [7, 11) is 0. The molecule has 18 heavy (non-hydrogen) atoms. The van der Waals surface area contributed by atoms with Crippen LogP contribution in [0.5, 0.6) is 0 Å². The zero-order chi connectivity index (χ0) is 13.0. The maximum atomic E-state index is 12.0. The van der Waals surface area contributed by atoms with Crippen LogP contribution < -0.4 is 11.1 Å². The van der Waals surface area contributed by atoms with Crippen LogP contribution >= 0.6 is 0 Å². The normalized spacial score (nSPS) is 33.6. The Hall–Kier alpha value is -0.610. The monoisotopic (exact) mass is 253 g/mol. The van der Waals surface area contributed by atoms with E-state index in [0.29, 0.717) is 18.4 Å². The van der Waals surface area contributed by atoms with Crippen molar-refractivity contribution in [2.24, 2.45) is 11.7 Å². The molecule has 0 aromatic rings. The Labute approximate surface area is 110 Å². The van der Waals surface area contributed by atoms with Gasteiger partial charge < -0.3 is 16.0 Å². The zero-order valence-corrected chi connectivity index (χ0v) is 11.5. The van der Waals surface area contributed by atoms with Crippen molar-refractivity contribution in [1.82, 2.24) is 10.2 Å². The van der Waals surface area contributed by atoms with Crippen molar-refractivity contribution < 1.29 is 4.79 Å². The number of hydrogen-bond acceptors (Lipinski definition) is 3. The second-order valence-corrected chi connectivity index (χ2v) is 5.86. The van der Waals surface area contributed by atoms with Crippen LogP contribution in [0.2, 0.25) is 0 Å². The molecule has 2 fully saturated rings. The highest BCUT2D eigenvalue weighted by Crippen LogP contribution is 2.26. The third-order valence-electron chi connectivity index (χ3n) is 4.48. The standard InChI is InChI=1S/C14H27N3O/c1-2-17-8-4-6-12(10-17)16-14(18)9-11-5-3-7-13(11)15/h11-13H,2-10,15H2,1H3,(H,16,18)/t11-,12?,13+/m0/s1. The number of nitrogens with zero attached hydrogens (tertiary/aromatic N) is 1. The van der Waals surface area contributed by atoms with E-state index in [0.717, 1.165) is 32.4 Å². The first-order valence-electron chi connectivity index (χ1n) is 7.46. The van der Waals surface area contributed by atoms with Gasteiger partial charge in [0.1, 0.15) is 0 Å². The first-order valence-corrected chi connectivity index (χ1v) is 7.46. The third-order valence-corrected chi connectivity index (χ3v) is 4.48. The summed E-state index contributed by atoms with van der Waals surface area (Å²) in [5.41, 5.74) is 6.02. The fourth-order valence-corrected chi connectivity index (χ4v) is 3.30. The maximum Gasteiger partial charge on any atom is 0.220 e. The summed E-state index contributed by atoms with van der Waals surface area (Å²) < 4.78 is 0. The average Bonchev–Trinajstić information content (AvgIpc) is 2.75. The molecule has 1 saturated heterocycles. The van der Waals surface area contributed by atoms with Gasteiger partial charge in [-0.2, -0.15) is 0 Å². The Morgan fingerprint density at radius 3 is 2.83 bits per heavy atom. The lowest BCUT2D eigenvalue weighted by Crippen LogP contribution is -2.48. The Morgan fingerprint density at radius 1 is 1.33 bits per heavy atom. The van der Waals surface area contributed by atoms with Crippen LogP contribution in [0.1, 0.15) is 45.4 Å². The number of nitrogens with one attached hydrogen (secondary N) is 1. The van der Waals surface area contributed by atoms with E-state index in [1.165, 1.54) is 19.4 Å². The molecule has 0 spiro atoms. The van der Waals surface area contributed by atoms with Gasteiger partial charge in [0.25, 0.3) is 0 Å². The second-order valence-electron chi connectivity index (χ2n) is 5.86. The molecule has 3 atom stereocenters. The molecule has 4 heteroatoms. The van der Waals surface area contributed by atoms with E-state index in [2.05, 4.69) is 17.1 Å². The lowest BCUT2D eigenvalue weighted by Gasteiger charge is -2.32. The van der Waals surface area contributed by atoms with Crippen molar-refractivity contribution in [3.8, 4) is 0 Å². The molecule has 104 valence electrons. The Bertz CT molecular complexity index is 282. The SMILES string of the molecule is CCN1CCCC(NC(=O)C[C@@H]2CCC[C@H]2N)C1. The molecule has 1 aliphatic heterocycles. The number of piperidine rings is 1. The largest absolute Gasteiger partial charge is 0.352 e. The Kier molecular flexibility index (Phi) is 5.01. The molecule has 2 rings (SSSR count). The molecule has 2 aliphatic rings. The summed E-state index contributed by atoms with van der Waals surface area (Å²) in [5, 5.41) is 3.19. The summed E-state index contributed by atoms with van der Waals surface area (Å²) in [4.78, 5) is 14.4. The van der Waals surface area contributed by atoms with E-state index in [1.807, 2.05) is 0 Å². The third kappa shape index (κ3) is 3.69. The van der Waals surface area contributed by atoms with E-state index >= 15 is 0 Å². The van der Waals surface area contributed by atoms with Crippen molar-refractivity contribution in [1.29, 1.82) is 0 Å². The van der Waals surface area contributed by atoms with Gasteiger partial charge in [-0.3, -0.25) is 4.79 Å². The van der Waals surface area contributed by atoms with Gasteiger partial charge in [0.2, 0.25) is 5.91 Å². The van der Waals surface area contributed by atoms with Gasteiger partial charge >= 0.3 is 0 Å². The molecule has 0 aromatic heterocycles. The topological polar surface area (TPSA) is 58.4 Å². The predicted molar refractivity (Wildman–Crippen MR) is 73.2 cm³/mol. The van der Waals surface area contributed by atoms with E-state index in [1.54, 1.807) is 0 Å². The number of likely N-dealkylation sites (tertiary alicyclic amines) is 1. The van der Waals surface area contributed by atoms with Gasteiger partial charge in [0.15, 0.2) is 0 Å². The molecule has 1 saturated carbocycles. The van der Waals surface area contributed by atoms with Crippen LogP contribution in [0, 0.1) is 5.92 Å². The maximum absolute atomic E-state index is 12.0. The number of amides is 1. The summed E-state index contributed by atoms with van der Waals surface area (Å²) in [6.45, 7) is 5.46. The van der Waals surface area contributed by atoms with Crippen LogP contribution in [-0.4, -0.2) is 42.5 Å². The van der Waals surface area contributed by atoms with Crippen LogP contribution in [0.4, 0.5) is 0 Å². The van der Waals surface area contributed by atoms with Crippen molar-refractivity contribution in [3.05, 3.63) is 0 Å². The lowest BCUT2D eigenvalue weighted by molar-refractivity contribution is -0.123. The molecule has 0 radical (unpaired) electrons. The summed E-state index contributed by atoms with van der Waals surface area (Å²) in [5.74, 6) is 0.621. The van der Waals surface area contributed by atoms with Gasteiger partial charge in [-0.1, -0.05) is 13.3 Å². The number of carbonyl (C=O) groups excluding carboxylic acids is 1. The first-order chi connectivity index (χ1) is 8.69. The van der Waals surface area contributed by atoms with E-state index in [4.69, 9.17) is 5.73 Å². The Balaban J connectivity index is 1.73. The average molecular weight is 253 g/mol. The minimum atomic E-state index is 0.209. The molecular formula is C14H27N3O.